The number of nitrogens with zero attached hydrogens (tertiary/aromatic N) is 1. The van der Waals surface area contributed by atoms with Crippen LogP contribution in [0.2, 0.25) is 0 Å². The molecule has 0 bridgehead atoms. The van der Waals surface area contributed by atoms with E-state index in [1.807, 2.05) is 25.1 Å². The molecule has 1 atom stereocenters. The average Bonchev–Trinajstić information content (AvgIpc) is 2.52. The molecule has 0 saturated heterocycles. The zero-order valence-electron chi connectivity index (χ0n) is 12.0. The van der Waals surface area contributed by atoms with Gasteiger partial charge in [0.1, 0.15) is 0 Å². The van der Waals surface area contributed by atoms with Crippen molar-refractivity contribution in [2.45, 2.75) is 12.8 Å². The van der Waals surface area contributed by atoms with E-state index in [2.05, 4.69) is 27.9 Å². The number of carbonyl (C=O) groups is 1. The van der Waals surface area contributed by atoms with Gasteiger partial charge in [0.25, 0.3) is 11.6 Å². The fraction of sp³-hybridized carbons (Fsp3) is 0.188. The molecule has 0 saturated carbocycles. The highest BCUT2D eigenvalue weighted by Crippen LogP contribution is 2.19. The normalized spacial score (nSPS) is 11.7. The third-order valence-electron chi connectivity index (χ3n) is 3.36. The van der Waals surface area contributed by atoms with Crippen molar-refractivity contribution < 1.29 is 9.72 Å². The molecule has 0 aliphatic heterocycles. The van der Waals surface area contributed by atoms with E-state index in [-0.39, 0.29) is 17.5 Å². The van der Waals surface area contributed by atoms with Crippen molar-refractivity contribution in [2.24, 2.45) is 0 Å². The molecule has 5 nitrogen and oxygen atoms in total. The minimum absolute atomic E-state index is 0.0684. The molecule has 1 amide bonds. The van der Waals surface area contributed by atoms with Gasteiger partial charge in [0.15, 0.2) is 0 Å². The number of amides is 1. The van der Waals surface area contributed by atoms with Crippen LogP contribution in [0.25, 0.3) is 0 Å². The Bertz CT molecular complexity index is 686. The van der Waals surface area contributed by atoms with Gasteiger partial charge in [0, 0.05) is 22.2 Å². The minimum Gasteiger partial charge on any atom is -0.351 e. The molecular weight excluding hydrogens is 395 g/mol. The lowest BCUT2D eigenvalue weighted by atomic mass is 10.0. The number of hydrogen-bond acceptors (Lipinski definition) is 3. The molecule has 1 N–H and O–H groups in total. The summed E-state index contributed by atoms with van der Waals surface area (Å²) in [5, 5.41) is 13.5. The molecule has 0 fully saturated rings. The molecular formula is C16H15IN2O3. The average molecular weight is 410 g/mol. The molecule has 0 radical (unpaired) electrons. The van der Waals surface area contributed by atoms with Gasteiger partial charge in [-0.05, 0) is 46.2 Å². The van der Waals surface area contributed by atoms with Crippen molar-refractivity contribution in [3.05, 3.63) is 73.3 Å². The summed E-state index contributed by atoms with van der Waals surface area (Å²) in [4.78, 5) is 22.4. The standard InChI is InChI=1S/C16H15IN2O3/c1-11(12-6-8-13(9-7-12)19(21)22)10-18-16(20)14-4-2-3-5-15(14)17/h2-9,11H,10H2,1H3,(H,18,20). The van der Waals surface area contributed by atoms with Crippen molar-refractivity contribution in [3.63, 3.8) is 0 Å². The van der Waals surface area contributed by atoms with E-state index in [4.69, 9.17) is 0 Å². The number of nitro benzene ring substituents is 1. The van der Waals surface area contributed by atoms with Crippen LogP contribution in [-0.2, 0) is 0 Å². The lowest BCUT2D eigenvalue weighted by molar-refractivity contribution is -0.384. The lowest BCUT2D eigenvalue weighted by Crippen LogP contribution is -2.28. The predicted molar refractivity (Wildman–Crippen MR) is 93.0 cm³/mol. The monoisotopic (exact) mass is 410 g/mol. The Morgan fingerprint density at radius 2 is 1.86 bits per heavy atom. The van der Waals surface area contributed by atoms with Crippen molar-refractivity contribution in [3.8, 4) is 0 Å². The molecule has 0 aliphatic rings. The Balaban J connectivity index is 1.97. The van der Waals surface area contributed by atoms with E-state index >= 15 is 0 Å². The van der Waals surface area contributed by atoms with Gasteiger partial charge >= 0.3 is 0 Å². The molecule has 2 rings (SSSR count). The van der Waals surface area contributed by atoms with Crippen molar-refractivity contribution in [1.29, 1.82) is 0 Å². The van der Waals surface area contributed by atoms with Crippen LogP contribution in [0.3, 0.4) is 0 Å². The molecule has 1 unspecified atom stereocenters. The van der Waals surface area contributed by atoms with E-state index in [0.717, 1.165) is 9.13 Å². The zero-order valence-corrected chi connectivity index (χ0v) is 14.1. The summed E-state index contributed by atoms with van der Waals surface area (Å²) in [6.07, 6.45) is 0. The number of nitrogens with one attached hydrogen (secondary N) is 1. The van der Waals surface area contributed by atoms with Crippen molar-refractivity contribution >= 4 is 34.2 Å². The van der Waals surface area contributed by atoms with Gasteiger partial charge in [0.2, 0.25) is 0 Å². The van der Waals surface area contributed by atoms with Crippen LogP contribution in [0, 0.1) is 13.7 Å². The molecule has 2 aromatic rings. The van der Waals surface area contributed by atoms with Crippen LogP contribution >= 0.6 is 22.6 Å². The van der Waals surface area contributed by atoms with Gasteiger partial charge in [-0.2, -0.15) is 0 Å². The Morgan fingerprint density at radius 1 is 1.23 bits per heavy atom. The molecule has 0 spiro atoms. The number of benzene rings is 2. The Morgan fingerprint density at radius 3 is 2.45 bits per heavy atom. The van der Waals surface area contributed by atoms with Crippen LogP contribution in [0.5, 0.6) is 0 Å². The summed E-state index contributed by atoms with van der Waals surface area (Å²) < 4.78 is 0.903. The van der Waals surface area contributed by atoms with Crippen LogP contribution in [0.1, 0.15) is 28.8 Å². The van der Waals surface area contributed by atoms with Gasteiger partial charge in [0.05, 0.1) is 10.5 Å². The largest absolute Gasteiger partial charge is 0.351 e. The Kier molecular flexibility index (Phi) is 5.48. The molecule has 2 aromatic carbocycles. The van der Waals surface area contributed by atoms with Crippen LogP contribution in [-0.4, -0.2) is 17.4 Å². The molecule has 114 valence electrons. The molecule has 0 aromatic heterocycles. The second-order valence-electron chi connectivity index (χ2n) is 4.94. The van der Waals surface area contributed by atoms with Gasteiger partial charge < -0.3 is 5.32 Å². The Hall–Kier alpha value is -1.96. The molecule has 0 heterocycles. The maximum absolute atomic E-state index is 12.1. The van der Waals surface area contributed by atoms with Crippen molar-refractivity contribution in [2.75, 3.05) is 6.54 Å². The van der Waals surface area contributed by atoms with Crippen LogP contribution in [0.15, 0.2) is 48.5 Å². The van der Waals surface area contributed by atoms with E-state index in [1.165, 1.54) is 12.1 Å². The van der Waals surface area contributed by atoms with Gasteiger partial charge in [-0.3, -0.25) is 14.9 Å². The molecule has 6 heteroatoms. The third-order valence-corrected chi connectivity index (χ3v) is 4.30. The number of hydrogen-bond donors (Lipinski definition) is 1. The summed E-state index contributed by atoms with van der Waals surface area (Å²) in [5.74, 6) is -0.0371. The third kappa shape index (κ3) is 4.03. The number of carbonyl (C=O) groups excluding carboxylic acids is 1. The smallest absolute Gasteiger partial charge is 0.269 e. The first-order valence-corrected chi connectivity index (χ1v) is 7.84. The summed E-state index contributed by atoms with van der Waals surface area (Å²) in [6, 6.07) is 13.8. The van der Waals surface area contributed by atoms with Gasteiger partial charge in [-0.25, -0.2) is 0 Å². The minimum atomic E-state index is -0.423. The van der Waals surface area contributed by atoms with Crippen LogP contribution < -0.4 is 5.32 Å². The summed E-state index contributed by atoms with van der Waals surface area (Å²) in [5.41, 5.74) is 1.67. The van der Waals surface area contributed by atoms with Gasteiger partial charge in [-0.15, -0.1) is 0 Å². The highest BCUT2D eigenvalue weighted by atomic mass is 127. The van der Waals surface area contributed by atoms with Crippen LogP contribution in [0.4, 0.5) is 5.69 Å². The predicted octanol–water partition coefficient (Wildman–Crippen LogP) is 3.73. The van der Waals surface area contributed by atoms with E-state index in [1.54, 1.807) is 18.2 Å². The molecule has 22 heavy (non-hydrogen) atoms. The number of nitro groups is 1. The van der Waals surface area contributed by atoms with E-state index in [0.29, 0.717) is 12.1 Å². The van der Waals surface area contributed by atoms with Crippen molar-refractivity contribution in [1.82, 2.24) is 5.32 Å². The van der Waals surface area contributed by atoms with Gasteiger partial charge in [-0.1, -0.05) is 31.2 Å². The number of halogens is 1. The quantitative estimate of drug-likeness (QED) is 0.464. The number of non-ortho nitro benzene ring substituents is 1. The summed E-state index contributed by atoms with van der Waals surface area (Å²) in [6.45, 7) is 2.44. The fourth-order valence-corrected chi connectivity index (χ4v) is 2.66. The first kappa shape index (κ1) is 16.4. The number of rotatable bonds is 5. The summed E-state index contributed by atoms with van der Waals surface area (Å²) in [7, 11) is 0. The fourth-order valence-electron chi connectivity index (χ4n) is 2.03. The zero-order chi connectivity index (χ0) is 16.1. The lowest BCUT2D eigenvalue weighted by Gasteiger charge is -2.13. The SMILES string of the molecule is CC(CNC(=O)c1ccccc1I)c1ccc([N+](=O)[O-])cc1. The second-order valence-corrected chi connectivity index (χ2v) is 6.10. The second kappa shape index (κ2) is 7.35. The Labute approximate surface area is 142 Å². The maximum atomic E-state index is 12.1. The highest BCUT2D eigenvalue weighted by Gasteiger charge is 2.12. The van der Waals surface area contributed by atoms with E-state index < -0.39 is 4.92 Å². The highest BCUT2D eigenvalue weighted by molar-refractivity contribution is 14.1. The first-order valence-electron chi connectivity index (χ1n) is 6.76. The molecule has 0 aliphatic carbocycles. The summed E-state index contributed by atoms with van der Waals surface area (Å²) >= 11 is 2.13. The first-order chi connectivity index (χ1) is 10.5. The van der Waals surface area contributed by atoms with E-state index in [9.17, 15) is 14.9 Å². The topological polar surface area (TPSA) is 72.2 Å². The maximum Gasteiger partial charge on any atom is 0.269 e.